The molecule has 3 fully saturated rings. The minimum absolute atomic E-state index is 0.0337. The number of hydrogen-bond donors (Lipinski definition) is 1. The minimum Gasteiger partial charge on any atom is -0.344 e. The Labute approximate surface area is 121 Å². The summed E-state index contributed by atoms with van der Waals surface area (Å²) in [6, 6.07) is 0.192. The molecule has 0 aromatic carbocycles. The molecule has 2 saturated heterocycles. The molecule has 20 heavy (non-hydrogen) atoms. The van der Waals surface area contributed by atoms with Gasteiger partial charge in [-0.05, 0) is 31.6 Å². The fourth-order valence-electron chi connectivity index (χ4n) is 4.18. The molecule has 0 aromatic heterocycles. The van der Waals surface area contributed by atoms with Crippen LogP contribution in [0.3, 0.4) is 0 Å². The van der Waals surface area contributed by atoms with Gasteiger partial charge in [-0.1, -0.05) is 32.1 Å². The molecule has 2 atom stereocenters. The SMILES string of the molecule is O=C1CC[C@H](C(=O)N2CCC[C@@H]2CC2CCCCC2)N1. The first-order valence-electron chi connectivity index (χ1n) is 8.34. The largest absolute Gasteiger partial charge is 0.344 e. The van der Waals surface area contributed by atoms with E-state index in [0.29, 0.717) is 18.9 Å². The second-order valence-corrected chi connectivity index (χ2v) is 6.73. The maximum Gasteiger partial charge on any atom is 0.245 e. The van der Waals surface area contributed by atoms with Crippen molar-refractivity contribution in [1.29, 1.82) is 0 Å². The van der Waals surface area contributed by atoms with E-state index < -0.39 is 0 Å². The lowest BCUT2D eigenvalue weighted by Gasteiger charge is -2.31. The van der Waals surface area contributed by atoms with Crippen molar-refractivity contribution in [2.45, 2.75) is 76.3 Å². The van der Waals surface area contributed by atoms with Crippen LogP contribution >= 0.6 is 0 Å². The topological polar surface area (TPSA) is 49.4 Å². The van der Waals surface area contributed by atoms with E-state index in [-0.39, 0.29) is 17.9 Å². The van der Waals surface area contributed by atoms with E-state index in [0.717, 1.165) is 25.3 Å². The van der Waals surface area contributed by atoms with Gasteiger partial charge in [-0.3, -0.25) is 9.59 Å². The third kappa shape index (κ3) is 2.99. The summed E-state index contributed by atoms with van der Waals surface area (Å²) in [6.45, 7) is 0.891. The number of carbonyl (C=O) groups is 2. The first-order chi connectivity index (χ1) is 9.74. The smallest absolute Gasteiger partial charge is 0.245 e. The van der Waals surface area contributed by atoms with Gasteiger partial charge >= 0.3 is 0 Å². The maximum atomic E-state index is 12.6. The second-order valence-electron chi connectivity index (χ2n) is 6.73. The summed E-state index contributed by atoms with van der Waals surface area (Å²) < 4.78 is 0. The van der Waals surface area contributed by atoms with Crippen molar-refractivity contribution < 1.29 is 9.59 Å². The summed E-state index contributed by atoms with van der Waals surface area (Å²) in [7, 11) is 0. The second kappa shape index (κ2) is 6.15. The van der Waals surface area contributed by atoms with Crippen LogP contribution in [0.5, 0.6) is 0 Å². The van der Waals surface area contributed by atoms with Crippen LogP contribution in [0.4, 0.5) is 0 Å². The molecule has 4 heteroatoms. The molecule has 112 valence electrons. The fourth-order valence-corrected chi connectivity index (χ4v) is 4.18. The normalized spacial score (nSPS) is 31.6. The Morgan fingerprint density at radius 1 is 1.10 bits per heavy atom. The molecule has 3 rings (SSSR count). The Morgan fingerprint density at radius 2 is 1.90 bits per heavy atom. The highest BCUT2D eigenvalue weighted by molar-refractivity contribution is 5.91. The van der Waals surface area contributed by atoms with Crippen LogP contribution in [0.2, 0.25) is 0 Å². The zero-order valence-electron chi connectivity index (χ0n) is 12.3. The van der Waals surface area contributed by atoms with Crippen LogP contribution in [0.15, 0.2) is 0 Å². The Balaban J connectivity index is 1.57. The number of amides is 2. The van der Waals surface area contributed by atoms with Gasteiger partial charge in [0, 0.05) is 19.0 Å². The molecule has 2 heterocycles. The highest BCUT2D eigenvalue weighted by atomic mass is 16.2. The molecule has 0 unspecified atom stereocenters. The van der Waals surface area contributed by atoms with Gasteiger partial charge in [0.2, 0.25) is 11.8 Å². The summed E-state index contributed by atoms with van der Waals surface area (Å²) in [5.74, 6) is 1.03. The van der Waals surface area contributed by atoms with Crippen molar-refractivity contribution in [3.63, 3.8) is 0 Å². The number of nitrogens with one attached hydrogen (secondary N) is 1. The highest BCUT2D eigenvalue weighted by Gasteiger charge is 2.37. The van der Waals surface area contributed by atoms with E-state index in [9.17, 15) is 9.59 Å². The van der Waals surface area contributed by atoms with Gasteiger partial charge in [0.1, 0.15) is 6.04 Å². The third-order valence-electron chi connectivity index (χ3n) is 5.28. The van der Waals surface area contributed by atoms with Gasteiger partial charge in [0.25, 0.3) is 0 Å². The van der Waals surface area contributed by atoms with E-state index in [1.54, 1.807) is 0 Å². The van der Waals surface area contributed by atoms with E-state index in [1.807, 2.05) is 0 Å². The zero-order valence-corrected chi connectivity index (χ0v) is 12.3. The lowest BCUT2D eigenvalue weighted by molar-refractivity contribution is -0.135. The average Bonchev–Trinajstić information content (AvgIpc) is 3.08. The zero-order chi connectivity index (χ0) is 13.9. The van der Waals surface area contributed by atoms with Gasteiger partial charge in [0.15, 0.2) is 0 Å². The molecule has 1 aliphatic carbocycles. The molecule has 0 spiro atoms. The lowest BCUT2D eigenvalue weighted by Crippen LogP contribution is -2.47. The van der Waals surface area contributed by atoms with Crippen molar-refractivity contribution in [2.75, 3.05) is 6.54 Å². The molecular formula is C16H26N2O2. The average molecular weight is 278 g/mol. The van der Waals surface area contributed by atoms with Gasteiger partial charge in [-0.15, -0.1) is 0 Å². The van der Waals surface area contributed by atoms with Crippen molar-refractivity contribution in [3.05, 3.63) is 0 Å². The summed E-state index contributed by atoms with van der Waals surface area (Å²) in [6.07, 6.45) is 11.5. The summed E-state index contributed by atoms with van der Waals surface area (Å²) >= 11 is 0. The molecule has 0 radical (unpaired) electrons. The van der Waals surface area contributed by atoms with Crippen LogP contribution in [0, 0.1) is 5.92 Å². The number of likely N-dealkylation sites (tertiary alicyclic amines) is 1. The lowest BCUT2D eigenvalue weighted by atomic mass is 9.84. The van der Waals surface area contributed by atoms with Crippen LogP contribution in [-0.2, 0) is 9.59 Å². The first-order valence-corrected chi connectivity index (χ1v) is 8.34. The molecule has 2 amide bonds. The van der Waals surface area contributed by atoms with E-state index >= 15 is 0 Å². The van der Waals surface area contributed by atoms with Gasteiger partial charge < -0.3 is 10.2 Å². The molecule has 3 aliphatic rings. The predicted molar refractivity (Wildman–Crippen MR) is 77.1 cm³/mol. The minimum atomic E-state index is -0.241. The van der Waals surface area contributed by atoms with E-state index in [1.165, 1.54) is 38.5 Å². The molecular weight excluding hydrogens is 252 g/mol. The molecule has 1 N–H and O–H groups in total. The van der Waals surface area contributed by atoms with Crippen molar-refractivity contribution in [3.8, 4) is 0 Å². The fraction of sp³-hybridized carbons (Fsp3) is 0.875. The summed E-state index contributed by atoms with van der Waals surface area (Å²) in [5.41, 5.74) is 0. The van der Waals surface area contributed by atoms with Gasteiger partial charge in [-0.25, -0.2) is 0 Å². The van der Waals surface area contributed by atoms with Crippen LogP contribution in [0.25, 0.3) is 0 Å². The van der Waals surface area contributed by atoms with Crippen LogP contribution < -0.4 is 5.32 Å². The van der Waals surface area contributed by atoms with Gasteiger partial charge in [0.05, 0.1) is 0 Å². The van der Waals surface area contributed by atoms with Gasteiger partial charge in [-0.2, -0.15) is 0 Å². The Hall–Kier alpha value is -1.06. The summed E-state index contributed by atoms with van der Waals surface area (Å²) in [4.78, 5) is 25.9. The summed E-state index contributed by atoms with van der Waals surface area (Å²) in [5, 5.41) is 2.82. The molecule has 0 aromatic rings. The third-order valence-corrected chi connectivity index (χ3v) is 5.28. The maximum absolute atomic E-state index is 12.6. The number of nitrogens with zero attached hydrogens (tertiary/aromatic N) is 1. The Kier molecular flexibility index (Phi) is 4.27. The van der Waals surface area contributed by atoms with E-state index in [2.05, 4.69) is 10.2 Å². The highest BCUT2D eigenvalue weighted by Crippen LogP contribution is 2.32. The monoisotopic (exact) mass is 278 g/mol. The first kappa shape index (κ1) is 13.9. The van der Waals surface area contributed by atoms with Crippen LogP contribution in [0.1, 0.15) is 64.2 Å². The quantitative estimate of drug-likeness (QED) is 0.860. The Bertz CT molecular complexity index is 377. The molecule has 0 bridgehead atoms. The Morgan fingerprint density at radius 3 is 2.60 bits per heavy atom. The standard InChI is InChI=1S/C16H26N2O2/c19-15-9-8-14(17-15)16(20)18-10-4-7-13(18)11-12-5-2-1-3-6-12/h12-14H,1-11H2,(H,17,19)/t13-,14-/m1/s1. The van der Waals surface area contributed by atoms with Crippen LogP contribution in [-0.4, -0.2) is 35.3 Å². The number of rotatable bonds is 3. The number of hydrogen-bond acceptors (Lipinski definition) is 2. The molecule has 4 nitrogen and oxygen atoms in total. The molecule has 2 aliphatic heterocycles. The van der Waals surface area contributed by atoms with E-state index in [4.69, 9.17) is 0 Å². The van der Waals surface area contributed by atoms with Crippen molar-refractivity contribution in [1.82, 2.24) is 10.2 Å². The number of carbonyl (C=O) groups excluding carboxylic acids is 2. The van der Waals surface area contributed by atoms with Crippen molar-refractivity contribution >= 4 is 11.8 Å². The van der Waals surface area contributed by atoms with Crippen molar-refractivity contribution in [2.24, 2.45) is 5.92 Å². The predicted octanol–water partition coefficient (Wildman–Crippen LogP) is 2.23. The molecule has 1 saturated carbocycles.